The lowest BCUT2D eigenvalue weighted by atomic mass is 10.4. The van der Waals surface area contributed by atoms with E-state index < -0.39 is 22.0 Å². The summed E-state index contributed by atoms with van der Waals surface area (Å²) in [6.07, 6.45) is 0. The van der Waals surface area contributed by atoms with Crippen molar-refractivity contribution in [2.75, 3.05) is 0 Å². The first-order valence-electron chi connectivity index (χ1n) is 4.56. The molecule has 0 bridgehead atoms. The number of carboxylic acids is 1. The Morgan fingerprint density at radius 3 is 2.44 bits per heavy atom. The van der Waals surface area contributed by atoms with E-state index in [2.05, 4.69) is 0 Å². The van der Waals surface area contributed by atoms with Crippen LogP contribution >= 0.6 is 0 Å². The number of furan rings is 1. The fourth-order valence-corrected chi connectivity index (χ4v) is 2.66. The first-order valence-corrected chi connectivity index (χ1v) is 6.04. The number of nitrogens with one attached hydrogen (secondary N) is 1. The van der Waals surface area contributed by atoms with Crippen LogP contribution < -0.4 is 4.72 Å². The molecule has 1 aromatic rings. The van der Waals surface area contributed by atoms with E-state index in [4.69, 9.17) is 9.52 Å². The third kappa shape index (κ3) is 2.61. The summed E-state index contributed by atoms with van der Waals surface area (Å²) in [7, 11) is -3.84. The summed E-state index contributed by atoms with van der Waals surface area (Å²) in [6, 6.07) is 0.172. The molecule has 0 fully saturated rings. The van der Waals surface area contributed by atoms with Gasteiger partial charge in [-0.1, -0.05) is 0 Å². The zero-order valence-electron chi connectivity index (χ0n) is 9.14. The van der Waals surface area contributed by atoms with Gasteiger partial charge in [0.05, 0.1) is 0 Å². The van der Waals surface area contributed by atoms with Crippen LogP contribution in [0.1, 0.15) is 18.4 Å². The molecular weight excluding hydrogens is 234 g/mol. The molecule has 90 valence electrons. The van der Waals surface area contributed by atoms with E-state index in [0.29, 0.717) is 5.76 Å². The van der Waals surface area contributed by atoms with Crippen LogP contribution in [0.5, 0.6) is 0 Å². The molecule has 0 aromatic carbocycles. The summed E-state index contributed by atoms with van der Waals surface area (Å²) < 4.78 is 30.6. The van der Waals surface area contributed by atoms with Crippen LogP contribution in [-0.4, -0.2) is 25.5 Å². The largest absolute Gasteiger partial charge is 0.480 e. The Morgan fingerprint density at radius 1 is 1.50 bits per heavy atom. The van der Waals surface area contributed by atoms with Crippen LogP contribution in [0.4, 0.5) is 0 Å². The van der Waals surface area contributed by atoms with Gasteiger partial charge in [0.25, 0.3) is 0 Å². The van der Waals surface area contributed by atoms with Crippen molar-refractivity contribution in [2.45, 2.75) is 31.7 Å². The number of sulfonamides is 1. The number of aliphatic carboxylic acids is 1. The Balaban J connectivity index is 3.03. The number of hydrogen-bond acceptors (Lipinski definition) is 4. The minimum Gasteiger partial charge on any atom is -0.480 e. The van der Waals surface area contributed by atoms with Gasteiger partial charge in [0.1, 0.15) is 22.5 Å². The van der Waals surface area contributed by atoms with Crippen LogP contribution in [-0.2, 0) is 14.8 Å². The number of carbonyl (C=O) groups is 1. The molecule has 0 amide bonds. The molecule has 0 aliphatic rings. The van der Waals surface area contributed by atoms with E-state index in [-0.39, 0.29) is 10.7 Å². The molecule has 1 atom stereocenters. The van der Waals surface area contributed by atoms with Gasteiger partial charge in [-0.2, -0.15) is 4.72 Å². The van der Waals surface area contributed by atoms with Gasteiger partial charge in [0.15, 0.2) is 0 Å². The molecule has 0 radical (unpaired) electrons. The molecule has 16 heavy (non-hydrogen) atoms. The van der Waals surface area contributed by atoms with Gasteiger partial charge in [0, 0.05) is 0 Å². The summed E-state index contributed by atoms with van der Waals surface area (Å²) in [4.78, 5) is 10.5. The maximum Gasteiger partial charge on any atom is 0.321 e. The number of aryl methyl sites for hydroxylation is 2. The Hall–Kier alpha value is -1.34. The zero-order valence-corrected chi connectivity index (χ0v) is 9.96. The van der Waals surface area contributed by atoms with Gasteiger partial charge in [-0.05, 0) is 26.8 Å². The second kappa shape index (κ2) is 4.26. The lowest BCUT2D eigenvalue weighted by molar-refractivity contribution is -0.138. The van der Waals surface area contributed by atoms with Crippen molar-refractivity contribution in [3.63, 3.8) is 0 Å². The second-order valence-electron chi connectivity index (χ2n) is 3.46. The summed E-state index contributed by atoms with van der Waals surface area (Å²) in [5.41, 5.74) is 0. The van der Waals surface area contributed by atoms with Gasteiger partial charge in [-0.15, -0.1) is 0 Å². The smallest absolute Gasteiger partial charge is 0.321 e. The fraction of sp³-hybridized carbons (Fsp3) is 0.444. The highest BCUT2D eigenvalue weighted by atomic mass is 32.2. The van der Waals surface area contributed by atoms with Crippen LogP contribution in [0.25, 0.3) is 0 Å². The van der Waals surface area contributed by atoms with Crippen molar-refractivity contribution in [2.24, 2.45) is 0 Å². The Morgan fingerprint density at radius 2 is 2.06 bits per heavy atom. The summed E-state index contributed by atoms with van der Waals surface area (Å²) in [5.74, 6) is -0.537. The molecular formula is C9H13NO5S. The first kappa shape index (κ1) is 12.7. The molecule has 0 saturated carbocycles. The number of hydrogen-bond donors (Lipinski definition) is 2. The molecule has 0 aliphatic heterocycles. The molecule has 1 heterocycles. The van der Waals surface area contributed by atoms with E-state index >= 15 is 0 Å². The van der Waals surface area contributed by atoms with Crippen LogP contribution in [0.2, 0.25) is 0 Å². The third-order valence-electron chi connectivity index (χ3n) is 1.99. The lowest BCUT2D eigenvalue weighted by Gasteiger charge is -2.08. The lowest BCUT2D eigenvalue weighted by Crippen LogP contribution is -2.38. The van der Waals surface area contributed by atoms with Gasteiger partial charge < -0.3 is 9.52 Å². The van der Waals surface area contributed by atoms with E-state index in [9.17, 15) is 13.2 Å². The predicted molar refractivity (Wildman–Crippen MR) is 55.6 cm³/mol. The van der Waals surface area contributed by atoms with Gasteiger partial charge in [-0.3, -0.25) is 4.79 Å². The van der Waals surface area contributed by atoms with E-state index in [0.717, 1.165) is 0 Å². The summed E-state index contributed by atoms with van der Waals surface area (Å²) in [5, 5.41) is 8.62. The monoisotopic (exact) mass is 247 g/mol. The molecule has 0 aliphatic carbocycles. The quantitative estimate of drug-likeness (QED) is 0.814. The van der Waals surface area contributed by atoms with E-state index in [1.54, 1.807) is 6.92 Å². The zero-order chi connectivity index (χ0) is 12.5. The van der Waals surface area contributed by atoms with Gasteiger partial charge in [-0.25, -0.2) is 8.42 Å². The summed E-state index contributed by atoms with van der Waals surface area (Å²) in [6.45, 7) is 4.38. The predicted octanol–water partition coefficient (Wildman–Crippen LogP) is 0.648. The van der Waals surface area contributed by atoms with Gasteiger partial charge in [0.2, 0.25) is 10.0 Å². The molecule has 2 N–H and O–H groups in total. The SMILES string of the molecule is Cc1cc(S(=O)(=O)NC(C)C(=O)O)c(C)o1. The standard InChI is InChI=1S/C9H13NO5S/c1-5-4-8(7(3)15-5)16(13,14)10-6(2)9(11)12/h4,6,10H,1-3H3,(H,11,12). The Kier molecular flexibility index (Phi) is 3.39. The molecule has 7 heteroatoms. The van der Waals surface area contributed by atoms with Gasteiger partial charge >= 0.3 is 5.97 Å². The Labute approximate surface area is 93.3 Å². The highest BCUT2D eigenvalue weighted by molar-refractivity contribution is 7.89. The average Bonchev–Trinajstić information content (AvgIpc) is 2.45. The first-order chi connectivity index (χ1) is 7.24. The maximum atomic E-state index is 11.7. The van der Waals surface area contributed by atoms with E-state index in [1.165, 1.54) is 19.9 Å². The summed E-state index contributed by atoms with van der Waals surface area (Å²) >= 11 is 0. The highest BCUT2D eigenvalue weighted by Crippen LogP contribution is 2.19. The molecule has 1 aromatic heterocycles. The molecule has 0 spiro atoms. The molecule has 1 rings (SSSR count). The number of rotatable bonds is 4. The van der Waals surface area contributed by atoms with Crippen molar-refractivity contribution >= 4 is 16.0 Å². The normalized spacial score (nSPS) is 13.7. The minimum atomic E-state index is -3.84. The van der Waals surface area contributed by atoms with Crippen molar-refractivity contribution in [3.05, 3.63) is 17.6 Å². The minimum absolute atomic E-state index is 0.0295. The van der Waals surface area contributed by atoms with Crippen LogP contribution in [0.15, 0.2) is 15.4 Å². The van der Waals surface area contributed by atoms with Crippen molar-refractivity contribution in [1.29, 1.82) is 0 Å². The van der Waals surface area contributed by atoms with E-state index in [1.807, 2.05) is 4.72 Å². The van der Waals surface area contributed by atoms with Crippen molar-refractivity contribution in [3.8, 4) is 0 Å². The van der Waals surface area contributed by atoms with Crippen LogP contribution in [0.3, 0.4) is 0 Å². The highest BCUT2D eigenvalue weighted by Gasteiger charge is 2.25. The third-order valence-corrected chi connectivity index (χ3v) is 3.64. The maximum absolute atomic E-state index is 11.7. The number of carboxylic acid groups (broad SMARTS) is 1. The topological polar surface area (TPSA) is 96.6 Å². The Bertz CT molecular complexity index is 502. The second-order valence-corrected chi connectivity index (χ2v) is 5.14. The van der Waals surface area contributed by atoms with Crippen molar-refractivity contribution in [1.82, 2.24) is 4.72 Å². The van der Waals surface area contributed by atoms with Crippen LogP contribution in [0, 0.1) is 13.8 Å². The fourth-order valence-electron chi connectivity index (χ4n) is 1.22. The molecule has 6 nitrogen and oxygen atoms in total. The van der Waals surface area contributed by atoms with Crippen molar-refractivity contribution < 1.29 is 22.7 Å². The molecule has 0 saturated heterocycles. The average molecular weight is 247 g/mol. The molecule has 1 unspecified atom stereocenters.